The summed E-state index contributed by atoms with van der Waals surface area (Å²) in [4.78, 5) is 23.4. The summed E-state index contributed by atoms with van der Waals surface area (Å²) in [7, 11) is 0. The maximum atomic E-state index is 12.5. The lowest BCUT2D eigenvalue weighted by Gasteiger charge is -2.08. The number of imidazole rings is 1. The highest BCUT2D eigenvalue weighted by molar-refractivity contribution is 5.87. The number of rotatable bonds is 4. The van der Waals surface area contributed by atoms with Crippen LogP contribution < -0.4 is 5.69 Å². The summed E-state index contributed by atoms with van der Waals surface area (Å²) in [6.07, 6.45) is 3.39. The number of para-hydroxylation sites is 1. The first-order chi connectivity index (χ1) is 11.0. The molecule has 7 heteroatoms. The van der Waals surface area contributed by atoms with Crippen molar-refractivity contribution in [3.05, 3.63) is 58.9 Å². The third kappa shape index (κ3) is 2.57. The molecule has 0 radical (unpaired) electrons. The van der Waals surface area contributed by atoms with Gasteiger partial charge in [0.2, 0.25) is 0 Å². The van der Waals surface area contributed by atoms with Crippen molar-refractivity contribution in [3.8, 4) is 17.0 Å². The van der Waals surface area contributed by atoms with Crippen LogP contribution in [0.5, 0.6) is 0 Å². The lowest BCUT2D eigenvalue weighted by molar-refractivity contribution is 0.0686. The van der Waals surface area contributed by atoms with Crippen LogP contribution in [0, 0.1) is 0 Å². The summed E-state index contributed by atoms with van der Waals surface area (Å²) < 4.78 is 8.22. The fourth-order valence-electron chi connectivity index (χ4n) is 2.36. The second kappa shape index (κ2) is 5.60. The fraction of sp³-hybridized carbons (Fsp3) is 0.188. The van der Waals surface area contributed by atoms with Crippen LogP contribution >= 0.6 is 0 Å². The minimum Gasteiger partial charge on any atom is -0.476 e. The van der Waals surface area contributed by atoms with E-state index in [1.54, 1.807) is 41.2 Å². The Labute approximate surface area is 131 Å². The Balaban J connectivity index is 2.15. The summed E-state index contributed by atoms with van der Waals surface area (Å²) in [6.45, 7) is 3.85. The number of hydrogen-bond acceptors (Lipinski definition) is 4. The first-order valence-corrected chi connectivity index (χ1v) is 7.08. The summed E-state index contributed by atoms with van der Waals surface area (Å²) in [5, 5.41) is 12.5. The molecule has 0 aliphatic carbocycles. The Morgan fingerprint density at radius 2 is 2.00 bits per heavy atom. The largest absolute Gasteiger partial charge is 0.476 e. The van der Waals surface area contributed by atoms with E-state index in [0.717, 1.165) is 0 Å². The van der Waals surface area contributed by atoms with Crippen molar-refractivity contribution in [1.29, 1.82) is 0 Å². The number of hydrogen-bond donors (Lipinski definition) is 1. The van der Waals surface area contributed by atoms with Gasteiger partial charge >= 0.3 is 11.7 Å². The molecule has 0 unspecified atom stereocenters. The number of carboxylic acid groups (broad SMARTS) is 1. The average molecular weight is 313 g/mol. The zero-order chi connectivity index (χ0) is 16.6. The molecule has 118 valence electrons. The second-order valence-electron chi connectivity index (χ2n) is 5.35. The van der Waals surface area contributed by atoms with E-state index in [-0.39, 0.29) is 17.4 Å². The molecule has 0 aliphatic rings. The van der Waals surface area contributed by atoms with Crippen LogP contribution in [0.4, 0.5) is 0 Å². The van der Waals surface area contributed by atoms with Crippen molar-refractivity contribution in [2.24, 2.45) is 0 Å². The van der Waals surface area contributed by atoms with Crippen LogP contribution in [0.2, 0.25) is 0 Å². The first-order valence-electron chi connectivity index (χ1n) is 7.08. The normalized spacial score (nSPS) is 11.1. The summed E-state index contributed by atoms with van der Waals surface area (Å²) in [5.74, 6) is -0.872. The van der Waals surface area contributed by atoms with Crippen molar-refractivity contribution < 1.29 is 14.4 Å². The number of aromatic carboxylic acids is 1. The van der Waals surface area contributed by atoms with E-state index in [9.17, 15) is 9.59 Å². The summed E-state index contributed by atoms with van der Waals surface area (Å²) in [5.41, 5.74) is 0.841. The quantitative estimate of drug-likeness (QED) is 0.799. The Morgan fingerprint density at radius 3 is 2.61 bits per heavy atom. The number of benzene rings is 1. The van der Waals surface area contributed by atoms with Gasteiger partial charge in [-0.1, -0.05) is 17.3 Å². The fourth-order valence-corrected chi connectivity index (χ4v) is 2.36. The van der Waals surface area contributed by atoms with Crippen molar-refractivity contribution in [1.82, 2.24) is 14.3 Å². The van der Waals surface area contributed by atoms with Gasteiger partial charge in [0.1, 0.15) is 0 Å². The lowest BCUT2D eigenvalue weighted by atomic mass is 10.1. The lowest BCUT2D eigenvalue weighted by Crippen LogP contribution is -2.24. The second-order valence-corrected chi connectivity index (χ2v) is 5.35. The molecule has 0 aliphatic heterocycles. The van der Waals surface area contributed by atoms with Crippen LogP contribution in [0.15, 0.2) is 52.0 Å². The van der Waals surface area contributed by atoms with Gasteiger partial charge in [-0.15, -0.1) is 0 Å². The minimum absolute atomic E-state index is 0.0415. The summed E-state index contributed by atoms with van der Waals surface area (Å²) in [6, 6.07) is 8.48. The van der Waals surface area contributed by atoms with Gasteiger partial charge in [-0.05, 0) is 26.0 Å². The van der Waals surface area contributed by atoms with E-state index in [1.165, 1.54) is 10.6 Å². The molecular weight excluding hydrogens is 298 g/mol. The van der Waals surface area contributed by atoms with Crippen LogP contribution in [0.1, 0.15) is 30.4 Å². The zero-order valence-corrected chi connectivity index (χ0v) is 12.6. The van der Waals surface area contributed by atoms with Crippen molar-refractivity contribution >= 4 is 5.97 Å². The van der Waals surface area contributed by atoms with E-state index in [2.05, 4.69) is 5.16 Å². The molecule has 2 heterocycles. The molecule has 3 aromatic rings. The molecule has 0 fully saturated rings. The smallest absolute Gasteiger partial charge is 0.358 e. The number of carboxylic acids is 1. The molecule has 0 spiro atoms. The SMILES string of the molecule is CC(C)n1ccn(-c2ccccc2-c2cc(C(=O)O)no2)c1=O. The van der Waals surface area contributed by atoms with Gasteiger partial charge in [-0.3, -0.25) is 9.13 Å². The minimum atomic E-state index is -1.17. The van der Waals surface area contributed by atoms with E-state index in [0.29, 0.717) is 17.0 Å². The molecule has 0 bridgehead atoms. The molecule has 1 aromatic carbocycles. The van der Waals surface area contributed by atoms with E-state index < -0.39 is 5.97 Å². The average Bonchev–Trinajstić information content (AvgIpc) is 3.14. The van der Waals surface area contributed by atoms with Gasteiger partial charge in [0, 0.05) is 30.1 Å². The van der Waals surface area contributed by atoms with Gasteiger partial charge in [-0.25, -0.2) is 9.59 Å². The highest BCUT2D eigenvalue weighted by atomic mass is 16.5. The van der Waals surface area contributed by atoms with Gasteiger partial charge in [0.15, 0.2) is 11.5 Å². The highest BCUT2D eigenvalue weighted by Gasteiger charge is 2.17. The number of nitrogens with zero attached hydrogens (tertiary/aromatic N) is 3. The molecule has 3 rings (SSSR count). The van der Waals surface area contributed by atoms with Gasteiger partial charge in [0.05, 0.1) is 5.69 Å². The molecule has 0 saturated carbocycles. The Hall–Kier alpha value is -3.09. The van der Waals surface area contributed by atoms with Crippen molar-refractivity contribution in [2.75, 3.05) is 0 Å². The predicted molar refractivity (Wildman–Crippen MR) is 82.9 cm³/mol. The zero-order valence-electron chi connectivity index (χ0n) is 12.6. The molecular formula is C16H15N3O4. The van der Waals surface area contributed by atoms with Gasteiger partial charge in [-0.2, -0.15) is 0 Å². The van der Waals surface area contributed by atoms with Crippen LogP contribution in [-0.2, 0) is 0 Å². The molecule has 7 nitrogen and oxygen atoms in total. The third-order valence-electron chi connectivity index (χ3n) is 3.52. The monoisotopic (exact) mass is 313 g/mol. The molecule has 0 saturated heterocycles. The molecule has 23 heavy (non-hydrogen) atoms. The van der Waals surface area contributed by atoms with E-state index >= 15 is 0 Å². The van der Waals surface area contributed by atoms with Crippen LogP contribution in [0.25, 0.3) is 17.0 Å². The predicted octanol–water partition coefficient (Wildman–Crippen LogP) is 2.57. The van der Waals surface area contributed by atoms with Crippen molar-refractivity contribution in [3.63, 3.8) is 0 Å². The third-order valence-corrected chi connectivity index (χ3v) is 3.52. The molecule has 1 N–H and O–H groups in total. The summed E-state index contributed by atoms with van der Waals surface area (Å²) >= 11 is 0. The molecule has 0 amide bonds. The first kappa shape index (κ1) is 14.8. The Bertz CT molecular complexity index is 917. The van der Waals surface area contributed by atoms with E-state index in [4.69, 9.17) is 9.63 Å². The van der Waals surface area contributed by atoms with Crippen molar-refractivity contribution in [2.45, 2.75) is 19.9 Å². The van der Waals surface area contributed by atoms with Crippen LogP contribution in [0.3, 0.4) is 0 Å². The number of aromatic nitrogens is 3. The Morgan fingerprint density at radius 1 is 1.26 bits per heavy atom. The van der Waals surface area contributed by atoms with Gasteiger partial charge in [0.25, 0.3) is 0 Å². The standard InChI is InChI=1S/C16H15N3O4/c1-10(2)18-7-8-19(16(18)22)13-6-4-3-5-11(13)14-9-12(15(20)21)17-23-14/h3-10H,1-2H3,(H,20,21). The molecule has 0 atom stereocenters. The van der Waals surface area contributed by atoms with Crippen LogP contribution in [-0.4, -0.2) is 25.4 Å². The molecule has 2 aromatic heterocycles. The highest BCUT2D eigenvalue weighted by Crippen LogP contribution is 2.26. The van der Waals surface area contributed by atoms with E-state index in [1.807, 2.05) is 13.8 Å². The maximum absolute atomic E-state index is 12.5. The maximum Gasteiger partial charge on any atom is 0.358 e. The van der Waals surface area contributed by atoms with Gasteiger partial charge < -0.3 is 9.63 Å². The number of carbonyl (C=O) groups is 1. The Kier molecular flexibility index (Phi) is 3.61. The topological polar surface area (TPSA) is 90.3 Å².